The predicted octanol–water partition coefficient (Wildman–Crippen LogP) is 3.14. The van der Waals surface area contributed by atoms with Crippen LogP contribution in [0.2, 0.25) is 0 Å². The summed E-state index contributed by atoms with van der Waals surface area (Å²) in [5, 5.41) is 3.12. The predicted molar refractivity (Wildman–Crippen MR) is 94.4 cm³/mol. The second-order valence-corrected chi connectivity index (χ2v) is 6.49. The van der Waals surface area contributed by atoms with Crippen molar-refractivity contribution in [2.24, 2.45) is 4.99 Å². The number of hydrogen-bond acceptors (Lipinski definition) is 4. The van der Waals surface area contributed by atoms with E-state index in [1.54, 1.807) is 0 Å². The first-order valence-corrected chi connectivity index (χ1v) is 8.46. The van der Waals surface area contributed by atoms with Crippen LogP contribution >= 0.6 is 11.8 Å². The van der Waals surface area contributed by atoms with Crippen LogP contribution in [0, 0.1) is 0 Å². The molecule has 0 radical (unpaired) electrons. The van der Waals surface area contributed by atoms with Crippen molar-refractivity contribution in [1.29, 1.82) is 0 Å². The number of amidine groups is 1. The number of nitrogens with zero attached hydrogens (tertiary/aromatic N) is 2. The quantitative estimate of drug-likeness (QED) is 0.756. The van der Waals surface area contributed by atoms with Gasteiger partial charge in [-0.05, 0) is 34.2 Å². The maximum absolute atomic E-state index is 12.2. The number of benzene rings is 2. The Morgan fingerprint density at radius 3 is 2.74 bits per heavy atom. The van der Waals surface area contributed by atoms with Crippen LogP contribution in [-0.4, -0.2) is 42.3 Å². The van der Waals surface area contributed by atoms with Crippen LogP contribution in [0.4, 0.5) is 0 Å². The lowest BCUT2D eigenvalue weighted by Gasteiger charge is -2.27. The number of amides is 1. The molecule has 5 heteroatoms. The molecule has 2 aliphatic heterocycles. The minimum absolute atomic E-state index is 0.149. The topological polar surface area (TPSA) is 41.9 Å². The van der Waals surface area contributed by atoms with Gasteiger partial charge in [0.25, 0.3) is 5.91 Å². The summed E-state index contributed by atoms with van der Waals surface area (Å²) < 4.78 is 5.35. The van der Waals surface area contributed by atoms with E-state index in [0.717, 1.165) is 29.2 Å². The highest BCUT2D eigenvalue weighted by Gasteiger charge is 2.27. The highest BCUT2D eigenvalue weighted by molar-refractivity contribution is 8.18. The molecule has 2 heterocycles. The van der Waals surface area contributed by atoms with Gasteiger partial charge in [-0.1, -0.05) is 42.5 Å². The van der Waals surface area contributed by atoms with E-state index < -0.39 is 0 Å². The fourth-order valence-electron chi connectivity index (χ4n) is 2.81. The summed E-state index contributed by atoms with van der Waals surface area (Å²) in [5.74, 6) is -0.149. The van der Waals surface area contributed by atoms with E-state index >= 15 is 0 Å². The van der Waals surface area contributed by atoms with E-state index in [4.69, 9.17) is 4.74 Å². The number of carbonyl (C=O) groups excluding carboxylic acids is 1. The molecule has 0 aliphatic carbocycles. The molecule has 0 aromatic heterocycles. The maximum Gasteiger partial charge on any atom is 0.286 e. The van der Waals surface area contributed by atoms with Gasteiger partial charge in [0.1, 0.15) is 0 Å². The Bertz CT molecular complexity index is 817. The Labute approximate surface area is 138 Å². The highest BCUT2D eigenvalue weighted by atomic mass is 32.2. The first-order valence-electron chi connectivity index (χ1n) is 7.64. The fourth-order valence-corrected chi connectivity index (χ4v) is 3.76. The van der Waals surface area contributed by atoms with Crippen molar-refractivity contribution in [3.8, 4) is 0 Å². The number of fused-ring (bicyclic) bond motifs is 1. The average molecular weight is 324 g/mol. The molecule has 0 bridgehead atoms. The second kappa shape index (κ2) is 6.18. The van der Waals surface area contributed by atoms with Crippen molar-refractivity contribution in [2.45, 2.75) is 0 Å². The zero-order chi connectivity index (χ0) is 15.6. The molecule has 4 rings (SSSR count). The van der Waals surface area contributed by atoms with Crippen LogP contribution in [0.5, 0.6) is 0 Å². The van der Waals surface area contributed by atoms with Crippen LogP contribution in [0.3, 0.4) is 0 Å². The van der Waals surface area contributed by atoms with Crippen molar-refractivity contribution in [3.63, 3.8) is 0 Å². The molecular weight excluding hydrogens is 308 g/mol. The van der Waals surface area contributed by atoms with Gasteiger partial charge < -0.3 is 9.64 Å². The Balaban J connectivity index is 1.63. The van der Waals surface area contributed by atoms with Gasteiger partial charge in [-0.15, -0.1) is 0 Å². The van der Waals surface area contributed by atoms with Crippen LogP contribution in [-0.2, 0) is 9.53 Å². The summed E-state index contributed by atoms with van der Waals surface area (Å²) in [6.45, 7) is 2.97. The van der Waals surface area contributed by atoms with Gasteiger partial charge in [0.2, 0.25) is 0 Å². The molecule has 0 unspecified atom stereocenters. The molecule has 2 aliphatic rings. The molecule has 1 saturated heterocycles. The van der Waals surface area contributed by atoms with Crippen LogP contribution in [0.15, 0.2) is 52.4 Å². The monoisotopic (exact) mass is 324 g/mol. The zero-order valence-electron chi connectivity index (χ0n) is 12.6. The number of ether oxygens (including phenoxy) is 1. The molecule has 2 aromatic carbocycles. The highest BCUT2D eigenvalue weighted by Crippen LogP contribution is 2.32. The van der Waals surface area contributed by atoms with Crippen molar-refractivity contribution >= 4 is 39.7 Å². The van der Waals surface area contributed by atoms with Crippen LogP contribution in [0.25, 0.3) is 16.8 Å². The van der Waals surface area contributed by atoms with E-state index in [0.29, 0.717) is 18.1 Å². The largest absolute Gasteiger partial charge is 0.378 e. The second-order valence-electron chi connectivity index (χ2n) is 5.48. The molecule has 4 nitrogen and oxygen atoms in total. The lowest BCUT2D eigenvalue weighted by Crippen LogP contribution is -2.38. The van der Waals surface area contributed by atoms with E-state index in [2.05, 4.69) is 28.1 Å². The number of thioether (sulfide) groups is 1. The Hall–Kier alpha value is -2.11. The zero-order valence-corrected chi connectivity index (χ0v) is 13.4. The summed E-state index contributed by atoms with van der Waals surface area (Å²) in [7, 11) is 0. The van der Waals surface area contributed by atoms with Crippen molar-refractivity contribution in [3.05, 3.63) is 52.9 Å². The lowest BCUT2D eigenvalue weighted by atomic mass is 10.0. The third-order valence-electron chi connectivity index (χ3n) is 4.00. The maximum atomic E-state index is 12.2. The number of carbonyl (C=O) groups is 1. The van der Waals surface area contributed by atoms with Crippen molar-refractivity contribution in [2.75, 3.05) is 26.3 Å². The standard InChI is InChI=1S/C18H16N2O2S/c21-17-16(23-18(19-17)20-8-10-22-11-9-20)12-14-6-3-5-13-4-1-2-7-15(13)14/h1-7,12H,8-11H2. The van der Waals surface area contributed by atoms with E-state index in [9.17, 15) is 4.79 Å². The molecule has 0 saturated carbocycles. The number of rotatable bonds is 1. The normalized spacial score (nSPS) is 20.3. The lowest BCUT2D eigenvalue weighted by molar-refractivity contribution is -0.113. The Morgan fingerprint density at radius 2 is 1.87 bits per heavy atom. The first-order chi connectivity index (χ1) is 11.3. The molecule has 0 N–H and O–H groups in total. The van der Waals surface area contributed by atoms with Gasteiger partial charge in [-0.2, -0.15) is 4.99 Å². The van der Waals surface area contributed by atoms with Crippen molar-refractivity contribution in [1.82, 2.24) is 4.90 Å². The molecule has 2 aromatic rings. The van der Waals surface area contributed by atoms with Crippen LogP contribution < -0.4 is 0 Å². The summed E-state index contributed by atoms with van der Waals surface area (Å²) in [5.41, 5.74) is 1.05. The summed E-state index contributed by atoms with van der Waals surface area (Å²) in [6, 6.07) is 14.3. The third-order valence-corrected chi connectivity index (χ3v) is 5.05. The smallest absolute Gasteiger partial charge is 0.286 e. The van der Waals surface area contributed by atoms with Gasteiger partial charge in [0.05, 0.1) is 18.1 Å². The molecule has 23 heavy (non-hydrogen) atoms. The average Bonchev–Trinajstić information content (AvgIpc) is 2.97. The van der Waals surface area contributed by atoms with Gasteiger partial charge in [0.15, 0.2) is 5.17 Å². The van der Waals surface area contributed by atoms with Crippen LogP contribution in [0.1, 0.15) is 5.56 Å². The Morgan fingerprint density at radius 1 is 1.09 bits per heavy atom. The summed E-state index contributed by atoms with van der Waals surface area (Å²) >= 11 is 1.46. The summed E-state index contributed by atoms with van der Waals surface area (Å²) in [4.78, 5) is 19.3. The fraction of sp³-hybridized carbons (Fsp3) is 0.222. The summed E-state index contributed by atoms with van der Waals surface area (Å²) in [6.07, 6.45) is 1.95. The molecule has 0 spiro atoms. The van der Waals surface area contributed by atoms with Gasteiger partial charge in [0, 0.05) is 13.1 Å². The third kappa shape index (κ3) is 2.90. The number of hydrogen-bond donors (Lipinski definition) is 0. The van der Waals surface area contributed by atoms with Gasteiger partial charge in [-0.25, -0.2) is 0 Å². The van der Waals surface area contributed by atoms with Gasteiger partial charge >= 0.3 is 0 Å². The van der Waals surface area contributed by atoms with E-state index in [1.165, 1.54) is 17.1 Å². The number of aliphatic imine (C=N–C) groups is 1. The van der Waals surface area contributed by atoms with E-state index in [-0.39, 0.29) is 5.91 Å². The van der Waals surface area contributed by atoms with E-state index in [1.807, 2.05) is 30.3 Å². The molecule has 116 valence electrons. The van der Waals surface area contributed by atoms with Gasteiger partial charge in [-0.3, -0.25) is 4.79 Å². The molecule has 1 amide bonds. The SMILES string of the molecule is O=C1N=C(N2CCOCC2)SC1=Cc1cccc2ccccc12. The molecular formula is C18H16N2O2S. The molecule has 1 fully saturated rings. The Kier molecular flexibility index (Phi) is 3.89. The molecule has 0 atom stereocenters. The minimum Gasteiger partial charge on any atom is -0.378 e. The number of morpholine rings is 1. The van der Waals surface area contributed by atoms with Crippen molar-refractivity contribution < 1.29 is 9.53 Å². The first kappa shape index (κ1) is 14.5. The minimum atomic E-state index is -0.149.